The van der Waals surface area contributed by atoms with Crippen LogP contribution in [-0.2, 0) is 0 Å². The van der Waals surface area contributed by atoms with Crippen LogP contribution in [0.1, 0.15) is 41.2 Å². The van der Waals surface area contributed by atoms with Crippen LogP contribution < -0.4 is 0 Å². The number of aromatic nitrogens is 1. The van der Waals surface area contributed by atoms with E-state index in [-0.39, 0.29) is 0 Å². The second kappa shape index (κ2) is 3.05. The second-order valence-corrected chi connectivity index (χ2v) is 3.26. The number of carbonyl (C=O) groups excluding carboxylic acids is 1. The molecule has 2 heteroatoms. The largest absolute Gasteiger partial charge is 0.298 e. The summed E-state index contributed by atoms with van der Waals surface area (Å²) in [6, 6.07) is 3.81. The molecule has 0 saturated heterocycles. The molecule has 0 aliphatic heterocycles. The Kier molecular flexibility index (Phi) is 1.90. The van der Waals surface area contributed by atoms with Gasteiger partial charge in [0.05, 0.1) is 0 Å². The first-order valence-corrected chi connectivity index (χ1v) is 4.31. The van der Waals surface area contributed by atoms with E-state index in [0.717, 1.165) is 12.0 Å². The van der Waals surface area contributed by atoms with Crippen molar-refractivity contribution in [3.05, 3.63) is 29.6 Å². The number of nitrogens with zero attached hydrogens (tertiary/aromatic N) is 1. The first-order valence-electron chi connectivity index (χ1n) is 4.31. The van der Waals surface area contributed by atoms with Crippen molar-refractivity contribution in [2.24, 2.45) is 0 Å². The lowest BCUT2D eigenvalue weighted by Gasteiger charge is -2.24. The Morgan fingerprint density at radius 2 is 2.25 bits per heavy atom. The Morgan fingerprint density at radius 1 is 1.42 bits per heavy atom. The zero-order valence-electron chi connectivity index (χ0n) is 6.86. The van der Waals surface area contributed by atoms with E-state index in [1.165, 1.54) is 19.3 Å². The van der Waals surface area contributed by atoms with Crippen LogP contribution in [0.15, 0.2) is 18.3 Å². The van der Waals surface area contributed by atoms with Gasteiger partial charge >= 0.3 is 0 Å². The molecule has 1 aliphatic rings. The smallest absolute Gasteiger partial charge is 0.151 e. The predicted octanol–water partition coefficient (Wildman–Crippen LogP) is 2.16. The summed E-state index contributed by atoms with van der Waals surface area (Å²) < 4.78 is 0. The van der Waals surface area contributed by atoms with Crippen molar-refractivity contribution in [3.8, 4) is 0 Å². The molecule has 0 N–H and O–H groups in total. The molecule has 1 fully saturated rings. The fourth-order valence-electron chi connectivity index (χ4n) is 1.43. The molecule has 0 amide bonds. The third kappa shape index (κ3) is 1.24. The van der Waals surface area contributed by atoms with Gasteiger partial charge in [-0.25, -0.2) is 0 Å². The molecule has 2 nitrogen and oxygen atoms in total. The first kappa shape index (κ1) is 7.47. The van der Waals surface area contributed by atoms with Gasteiger partial charge < -0.3 is 0 Å². The number of hydrogen-bond acceptors (Lipinski definition) is 2. The van der Waals surface area contributed by atoms with Crippen molar-refractivity contribution in [3.63, 3.8) is 0 Å². The van der Waals surface area contributed by atoms with E-state index in [4.69, 9.17) is 0 Å². The van der Waals surface area contributed by atoms with Crippen LogP contribution in [0, 0.1) is 0 Å². The maximum Gasteiger partial charge on any atom is 0.151 e. The van der Waals surface area contributed by atoms with Crippen LogP contribution in [0.25, 0.3) is 0 Å². The highest BCUT2D eigenvalue weighted by atomic mass is 16.1. The summed E-state index contributed by atoms with van der Waals surface area (Å²) >= 11 is 0. The molecule has 1 aromatic heterocycles. The molecular weight excluding hydrogens is 150 g/mol. The van der Waals surface area contributed by atoms with Gasteiger partial charge in [0, 0.05) is 23.4 Å². The van der Waals surface area contributed by atoms with Crippen molar-refractivity contribution in [2.75, 3.05) is 0 Å². The number of aldehydes is 1. The third-order valence-corrected chi connectivity index (χ3v) is 2.47. The number of pyridine rings is 1. The fourth-order valence-corrected chi connectivity index (χ4v) is 1.43. The van der Waals surface area contributed by atoms with E-state index in [9.17, 15) is 4.79 Å². The molecule has 62 valence electrons. The lowest BCUT2D eigenvalue weighted by Crippen LogP contribution is -2.10. The van der Waals surface area contributed by atoms with Crippen LogP contribution in [-0.4, -0.2) is 11.3 Å². The summed E-state index contributed by atoms with van der Waals surface area (Å²) in [5.74, 6) is 0.658. The standard InChI is InChI=1S/C10H11NO/c12-7-8-4-5-10(11-6-8)9-2-1-3-9/h4-7,9H,1-3H2. The second-order valence-electron chi connectivity index (χ2n) is 3.26. The SMILES string of the molecule is O=Cc1ccc(C2CCC2)nc1. The summed E-state index contributed by atoms with van der Waals surface area (Å²) in [5, 5.41) is 0. The number of carbonyl (C=O) groups is 1. The maximum atomic E-state index is 10.3. The summed E-state index contributed by atoms with van der Waals surface area (Å²) in [6.45, 7) is 0. The Labute approximate surface area is 71.6 Å². The average molecular weight is 161 g/mol. The lowest BCUT2D eigenvalue weighted by atomic mass is 9.83. The van der Waals surface area contributed by atoms with Gasteiger partial charge in [0.15, 0.2) is 6.29 Å². The van der Waals surface area contributed by atoms with Crippen molar-refractivity contribution in [1.29, 1.82) is 0 Å². The molecule has 0 spiro atoms. The van der Waals surface area contributed by atoms with Crippen LogP contribution >= 0.6 is 0 Å². The zero-order valence-corrected chi connectivity index (χ0v) is 6.86. The van der Waals surface area contributed by atoms with Crippen LogP contribution in [0.2, 0.25) is 0 Å². The quantitative estimate of drug-likeness (QED) is 0.622. The molecule has 0 unspecified atom stereocenters. The van der Waals surface area contributed by atoms with Gasteiger partial charge in [-0.05, 0) is 25.0 Å². The van der Waals surface area contributed by atoms with E-state index in [0.29, 0.717) is 11.5 Å². The number of rotatable bonds is 2. The Morgan fingerprint density at radius 3 is 2.67 bits per heavy atom. The molecule has 0 aromatic carbocycles. The van der Waals surface area contributed by atoms with E-state index in [2.05, 4.69) is 4.98 Å². The predicted molar refractivity (Wildman–Crippen MR) is 46.2 cm³/mol. The van der Waals surface area contributed by atoms with E-state index >= 15 is 0 Å². The van der Waals surface area contributed by atoms with Gasteiger partial charge in [-0.2, -0.15) is 0 Å². The molecule has 0 radical (unpaired) electrons. The minimum absolute atomic E-state index is 0.658. The normalized spacial score (nSPS) is 17.0. The lowest BCUT2D eigenvalue weighted by molar-refractivity contribution is 0.112. The molecule has 0 atom stereocenters. The first-order chi connectivity index (χ1) is 5.90. The van der Waals surface area contributed by atoms with E-state index in [1.807, 2.05) is 12.1 Å². The molecule has 0 bridgehead atoms. The van der Waals surface area contributed by atoms with Gasteiger partial charge in [-0.15, -0.1) is 0 Å². The minimum atomic E-state index is 0.658. The van der Waals surface area contributed by atoms with Crippen molar-refractivity contribution >= 4 is 6.29 Å². The summed E-state index contributed by atoms with van der Waals surface area (Å²) in [5.41, 5.74) is 1.81. The third-order valence-electron chi connectivity index (χ3n) is 2.47. The molecule has 1 aliphatic carbocycles. The Hall–Kier alpha value is -1.18. The van der Waals surface area contributed by atoms with Crippen molar-refractivity contribution in [2.45, 2.75) is 25.2 Å². The monoisotopic (exact) mass is 161 g/mol. The van der Waals surface area contributed by atoms with Crippen LogP contribution in [0.3, 0.4) is 0 Å². The van der Waals surface area contributed by atoms with Gasteiger partial charge in [0.2, 0.25) is 0 Å². The Balaban J connectivity index is 2.18. The highest BCUT2D eigenvalue weighted by Gasteiger charge is 2.20. The molecule has 1 heterocycles. The minimum Gasteiger partial charge on any atom is -0.298 e. The summed E-state index contributed by atoms with van der Waals surface area (Å²) in [6.07, 6.45) is 6.32. The van der Waals surface area contributed by atoms with Gasteiger partial charge in [-0.1, -0.05) is 6.42 Å². The zero-order chi connectivity index (χ0) is 8.39. The van der Waals surface area contributed by atoms with Crippen LogP contribution in [0.4, 0.5) is 0 Å². The average Bonchev–Trinajstić information content (AvgIpc) is 2.03. The Bertz CT molecular complexity index is 274. The highest BCUT2D eigenvalue weighted by molar-refractivity contribution is 5.73. The summed E-state index contributed by atoms with van der Waals surface area (Å²) in [7, 11) is 0. The topological polar surface area (TPSA) is 30.0 Å². The van der Waals surface area contributed by atoms with Crippen molar-refractivity contribution < 1.29 is 4.79 Å². The van der Waals surface area contributed by atoms with Gasteiger partial charge in [-0.3, -0.25) is 9.78 Å². The molecule has 1 saturated carbocycles. The van der Waals surface area contributed by atoms with Gasteiger partial charge in [0.1, 0.15) is 0 Å². The maximum absolute atomic E-state index is 10.3. The van der Waals surface area contributed by atoms with E-state index < -0.39 is 0 Å². The fraction of sp³-hybridized carbons (Fsp3) is 0.400. The molecule has 1 aromatic rings. The molecular formula is C10H11NO. The molecule has 12 heavy (non-hydrogen) atoms. The van der Waals surface area contributed by atoms with Gasteiger partial charge in [0.25, 0.3) is 0 Å². The summed E-state index contributed by atoms with van der Waals surface area (Å²) in [4.78, 5) is 14.6. The number of hydrogen-bond donors (Lipinski definition) is 0. The van der Waals surface area contributed by atoms with Crippen LogP contribution in [0.5, 0.6) is 0 Å². The highest BCUT2D eigenvalue weighted by Crippen LogP contribution is 2.34. The molecule has 2 rings (SSSR count). The van der Waals surface area contributed by atoms with E-state index in [1.54, 1.807) is 6.20 Å². The van der Waals surface area contributed by atoms with Crippen molar-refractivity contribution in [1.82, 2.24) is 4.98 Å².